The standard InChI is InChI=1S/C19H22N4O3/c1-26-16-5-2-4-15(14-16)17(24)6-7-18(25)22-10-12-23(13-11-22)19-20-8-3-9-21-19/h2-5,8-9,14H,6-7,10-13H2,1H3. The number of hydrogen-bond donors (Lipinski definition) is 0. The van der Waals surface area contributed by atoms with Gasteiger partial charge < -0.3 is 14.5 Å². The molecule has 7 heteroatoms. The second-order valence-corrected chi connectivity index (χ2v) is 6.07. The third-order valence-electron chi connectivity index (χ3n) is 4.43. The molecular formula is C19H22N4O3. The molecule has 0 unspecified atom stereocenters. The Bertz CT molecular complexity index is 758. The number of methoxy groups -OCH3 is 1. The van der Waals surface area contributed by atoms with Gasteiger partial charge in [0.25, 0.3) is 0 Å². The number of nitrogens with zero attached hydrogens (tertiary/aromatic N) is 4. The summed E-state index contributed by atoms with van der Waals surface area (Å²) in [6, 6.07) is 8.79. The second-order valence-electron chi connectivity index (χ2n) is 6.07. The van der Waals surface area contributed by atoms with Gasteiger partial charge in [-0.1, -0.05) is 12.1 Å². The number of hydrogen-bond acceptors (Lipinski definition) is 6. The van der Waals surface area contributed by atoms with E-state index in [0.717, 1.165) is 0 Å². The number of aromatic nitrogens is 2. The highest BCUT2D eigenvalue weighted by Crippen LogP contribution is 2.16. The van der Waals surface area contributed by atoms with Crippen molar-refractivity contribution < 1.29 is 14.3 Å². The molecule has 1 aromatic carbocycles. The van der Waals surface area contributed by atoms with Gasteiger partial charge in [0.15, 0.2) is 5.78 Å². The summed E-state index contributed by atoms with van der Waals surface area (Å²) in [6.45, 7) is 2.62. The largest absolute Gasteiger partial charge is 0.497 e. The van der Waals surface area contributed by atoms with Crippen LogP contribution < -0.4 is 9.64 Å². The van der Waals surface area contributed by atoms with Gasteiger partial charge in [-0.3, -0.25) is 9.59 Å². The molecule has 1 fully saturated rings. The molecule has 1 aromatic heterocycles. The topological polar surface area (TPSA) is 75.6 Å². The van der Waals surface area contributed by atoms with Gasteiger partial charge in [0.05, 0.1) is 7.11 Å². The van der Waals surface area contributed by atoms with Crippen LogP contribution in [0.25, 0.3) is 0 Å². The Balaban J connectivity index is 1.47. The molecule has 0 bridgehead atoms. The number of ether oxygens (including phenoxy) is 1. The summed E-state index contributed by atoms with van der Waals surface area (Å²) in [5.74, 6) is 1.29. The molecule has 1 saturated heterocycles. The molecule has 0 spiro atoms. The van der Waals surface area contributed by atoms with E-state index in [-0.39, 0.29) is 24.5 Å². The van der Waals surface area contributed by atoms with Crippen molar-refractivity contribution in [1.82, 2.24) is 14.9 Å². The van der Waals surface area contributed by atoms with Crippen molar-refractivity contribution >= 4 is 17.6 Å². The minimum absolute atomic E-state index is 0.00914. The summed E-state index contributed by atoms with van der Waals surface area (Å²) in [6.07, 6.45) is 3.85. The van der Waals surface area contributed by atoms with Crippen LogP contribution in [-0.2, 0) is 4.79 Å². The van der Waals surface area contributed by atoms with Crippen molar-refractivity contribution in [2.45, 2.75) is 12.8 Å². The van der Waals surface area contributed by atoms with Crippen molar-refractivity contribution in [3.05, 3.63) is 48.3 Å². The van der Waals surface area contributed by atoms with Gasteiger partial charge in [-0.05, 0) is 18.2 Å². The number of benzene rings is 1. The molecule has 1 aliphatic rings. The van der Waals surface area contributed by atoms with Crippen LogP contribution in [0, 0.1) is 0 Å². The smallest absolute Gasteiger partial charge is 0.225 e. The molecule has 0 aliphatic carbocycles. The third kappa shape index (κ3) is 4.36. The second kappa shape index (κ2) is 8.42. The fourth-order valence-corrected chi connectivity index (χ4v) is 2.93. The van der Waals surface area contributed by atoms with Gasteiger partial charge in [0, 0.05) is 57.0 Å². The van der Waals surface area contributed by atoms with E-state index >= 15 is 0 Å². The van der Waals surface area contributed by atoms with Crippen LogP contribution in [0.1, 0.15) is 23.2 Å². The average molecular weight is 354 g/mol. The van der Waals surface area contributed by atoms with Crippen molar-refractivity contribution in [3.8, 4) is 5.75 Å². The highest BCUT2D eigenvalue weighted by Gasteiger charge is 2.22. The number of piperazine rings is 1. The van der Waals surface area contributed by atoms with E-state index in [0.29, 0.717) is 43.4 Å². The molecular weight excluding hydrogens is 332 g/mol. The number of ketones is 1. The van der Waals surface area contributed by atoms with Crippen LogP contribution in [0.2, 0.25) is 0 Å². The first-order chi connectivity index (χ1) is 12.7. The highest BCUT2D eigenvalue weighted by molar-refractivity contribution is 5.98. The van der Waals surface area contributed by atoms with Crippen molar-refractivity contribution in [2.24, 2.45) is 0 Å². The van der Waals surface area contributed by atoms with Crippen LogP contribution in [0.5, 0.6) is 5.75 Å². The monoisotopic (exact) mass is 354 g/mol. The van der Waals surface area contributed by atoms with E-state index in [4.69, 9.17) is 4.74 Å². The maximum atomic E-state index is 12.4. The van der Waals surface area contributed by atoms with Gasteiger partial charge >= 0.3 is 0 Å². The lowest BCUT2D eigenvalue weighted by molar-refractivity contribution is -0.131. The maximum Gasteiger partial charge on any atom is 0.225 e. The highest BCUT2D eigenvalue weighted by atomic mass is 16.5. The molecule has 2 heterocycles. The van der Waals surface area contributed by atoms with E-state index in [1.54, 1.807) is 54.7 Å². The minimum atomic E-state index is -0.0476. The summed E-state index contributed by atoms with van der Waals surface area (Å²) in [4.78, 5) is 37.0. The lowest BCUT2D eigenvalue weighted by Crippen LogP contribution is -2.49. The van der Waals surface area contributed by atoms with E-state index < -0.39 is 0 Å². The zero-order valence-corrected chi connectivity index (χ0v) is 14.8. The Morgan fingerprint density at radius 1 is 1.04 bits per heavy atom. The zero-order valence-electron chi connectivity index (χ0n) is 14.8. The number of carbonyl (C=O) groups excluding carboxylic acids is 2. The molecule has 7 nitrogen and oxygen atoms in total. The van der Waals surface area contributed by atoms with Gasteiger partial charge in [0.1, 0.15) is 5.75 Å². The predicted octanol–water partition coefficient (Wildman–Crippen LogP) is 1.80. The maximum absolute atomic E-state index is 12.4. The normalized spacial score (nSPS) is 14.2. The lowest BCUT2D eigenvalue weighted by atomic mass is 10.1. The molecule has 1 aliphatic heterocycles. The van der Waals surface area contributed by atoms with Gasteiger partial charge in [-0.25, -0.2) is 9.97 Å². The molecule has 1 amide bonds. The molecule has 0 radical (unpaired) electrons. The summed E-state index contributed by atoms with van der Waals surface area (Å²) in [5, 5.41) is 0. The first-order valence-corrected chi connectivity index (χ1v) is 8.64. The number of rotatable bonds is 6. The number of carbonyl (C=O) groups is 2. The predicted molar refractivity (Wildman–Crippen MR) is 97.4 cm³/mol. The van der Waals surface area contributed by atoms with Crippen LogP contribution >= 0.6 is 0 Å². The Kier molecular flexibility index (Phi) is 5.78. The Morgan fingerprint density at radius 2 is 1.77 bits per heavy atom. The fourth-order valence-electron chi connectivity index (χ4n) is 2.93. The first-order valence-electron chi connectivity index (χ1n) is 8.64. The molecule has 2 aromatic rings. The van der Waals surface area contributed by atoms with Crippen LogP contribution in [0.15, 0.2) is 42.7 Å². The summed E-state index contributed by atoms with van der Waals surface area (Å²) < 4.78 is 5.13. The minimum Gasteiger partial charge on any atom is -0.497 e. The lowest BCUT2D eigenvalue weighted by Gasteiger charge is -2.34. The van der Waals surface area contributed by atoms with E-state index in [1.807, 2.05) is 0 Å². The average Bonchev–Trinajstić information content (AvgIpc) is 2.72. The quantitative estimate of drug-likeness (QED) is 0.737. The summed E-state index contributed by atoms with van der Waals surface area (Å²) in [7, 11) is 1.56. The van der Waals surface area contributed by atoms with E-state index in [9.17, 15) is 9.59 Å². The zero-order chi connectivity index (χ0) is 18.4. The number of amides is 1. The molecule has 0 N–H and O–H groups in total. The summed E-state index contributed by atoms with van der Waals surface area (Å²) >= 11 is 0. The third-order valence-corrected chi connectivity index (χ3v) is 4.43. The molecule has 0 atom stereocenters. The van der Waals surface area contributed by atoms with Crippen LogP contribution in [0.3, 0.4) is 0 Å². The van der Waals surface area contributed by atoms with Gasteiger partial charge in [-0.2, -0.15) is 0 Å². The van der Waals surface area contributed by atoms with Gasteiger partial charge in [-0.15, -0.1) is 0 Å². The number of anilines is 1. The first kappa shape index (κ1) is 17.8. The molecule has 0 saturated carbocycles. The van der Waals surface area contributed by atoms with Crippen molar-refractivity contribution in [3.63, 3.8) is 0 Å². The van der Waals surface area contributed by atoms with E-state index in [1.165, 1.54) is 0 Å². The van der Waals surface area contributed by atoms with Crippen molar-refractivity contribution in [1.29, 1.82) is 0 Å². The summed E-state index contributed by atoms with van der Waals surface area (Å²) in [5.41, 5.74) is 0.572. The Hall–Kier alpha value is -2.96. The number of Topliss-reactive ketones (excluding diaryl/α,β-unsaturated/α-hetero) is 1. The van der Waals surface area contributed by atoms with Crippen LogP contribution in [0.4, 0.5) is 5.95 Å². The van der Waals surface area contributed by atoms with Gasteiger partial charge in [0.2, 0.25) is 11.9 Å². The SMILES string of the molecule is COc1cccc(C(=O)CCC(=O)N2CCN(c3ncccn3)CC2)c1. The van der Waals surface area contributed by atoms with E-state index in [2.05, 4.69) is 14.9 Å². The van der Waals surface area contributed by atoms with Crippen molar-refractivity contribution in [2.75, 3.05) is 38.2 Å². The Morgan fingerprint density at radius 3 is 2.46 bits per heavy atom. The molecule has 3 rings (SSSR count). The molecule has 26 heavy (non-hydrogen) atoms. The Labute approximate surface area is 152 Å². The fraction of sp³-hybridized carbons (Fsp3) is 0.368. The van der Waals surface area contributed by atoms with Crippen LogP contribution in [-0.4, -0.2) is 59.8 Å². The molecule has 136 valence electrons.